The molecule has 1 heterocycles. The minimum atomic E-state index is -0.366. The second-order valence-electron chi connectivity index (χ2n) is 4.26. The van der Waals surface area contributed by atoms with Crippen molar-refractivity contribution in [2.24, 2.45) is 0 Å². The monoisotopic (exact) mass is 251 g/mol. The normalized spacial score (nSPS) is 19.5. The van der Waals surface area contributed by atoms with E-state index < -0.39 is 0 Å². The van der Waals surface area contributed by atoms with E-state index in [1.165, 1.54) is 0 Å². The zero-order valence-corrected chi connectivity index (χ0v) is 10.3. The van der Waals surface area contributed by atoms with Gasteiger partial charge in [-0.3, -0.25) is 10.1 Å². The van der Waals surface area contributed by atoms with Crippen LogP contribution in [0.4, 0.5) is 11.4 Å². The van der Waals surface area contributed by atoms with Gasteiger partial charge in [0.05, 0.1) is 17.6 Å². The van der Waals surface area contributed by atoms with Gasteiger partial charge in [0, 0.05) is 32.6 Å². The first-order valence-electron chi connectivity index (χ1n) is 5.98. The van der Waals surface area contributed by atoms with Gasteiger partial charge in [0.25, 0.3) is 5.69 Å². The molecule has 1 unspecified atom stereocenters. The third kappa shape index (κ3) is 2.96. The maximum atomic E-state index is 10.9. The largest absolute Gasteiger partial charge is 0.383 e. The van der Waals surface area contributed by atoms with Crippen LogP contribution in [0.2, 0.25) is 0 Å². The van der Waals surface area contributed by atoms with Crippen LogP contribution in [-0.4, -0.2) is 37.8 Å². The summed E-state index contributed by atoms with van der Waals surface area (Å²) in [6.07, 6.45) is 0.788. The average molecular weight is 251 g/mol. The van der Waals surface area contributed by atoms with Gasteiger partial charge in [-0.1, -0.05) is 6.07 Å². The summed E-state index contributed by atoms with van der Waals surface area (Å²) in [6.45, 7) is 2.36. The van der Waals surface area contributed by atoms with Crippen LogP contribution >= 0.6 is 0 Å². The first-order valence-corrected chi connectivity index (χ1v) is 5.98. The molecule has 6 nitrogen and oxygen atoms in total. The fourth-order valence-electron chi connectivity index (χ4n) is 2.08. The Bertz CT molecular complexity index is 431. The van der Waals surface area contributed by atoms with E-state index in [2.05, 4.69) is 10.6 Å². The predicted molar refractivity (Wildman–Crippen MR) is 69.0 cm³/mol. The minimum Gasteiger partial charge on any atom is -0.383 e. The molecule has 2 N–H and O–H groups in total. The van der Waals surface area contributed by atoms with E-state index in [1.54, 1.807) is 19.2 Å². The highest BCUT2D eigenvalue weighted by Crippen LogP contribution is 2.25. The fourth-order valence-corrected chi connectivity index (χ4v) is 2.08. The summed E-state index contributed by atoms with van der Waals surface area (Å²) in [5.41, 5.74) is 1.57. The van der Waals surface area contributed by atoms with Crippen molar-refractivity contribution in [3.63, 3.8) is 0 Å². The lowest BCUT2D eigenvalue weighted by atomic mass is 10.1. The molecule has 0 spiro atoms. The van der Waals surface area contributed by atoms with Crippen molar-refractivity contribution in [2.75, 3.05) is 32.1 Å². The van der Waals surface area contributed by atoms with Gasteiger partial charge in [0.2, 0.25) is 0 Å². The SMILES string of the molecule is CNc1ccc(CC2CNCCO2)cc1[N+](=O)[O-]. The van der Waals surface area contributed by atoms with E-state index >= 15 is 0 Å². The third-order valence-electron chi connectivity index (χ3n) is 3.00. The molecule has 6 heteroatoms. The summed E-state index contributed by atoms with van der Waals surface area (Å²) in [7, 11) is 1.68. The van der Waals surface area contributed by atoms with Crippen LogP contribution in [0.25, 0.3) is 0 Å². The van der Waals surface area contributed by atoms with Gasteiger partial charge in [0.15, 0.2) is 0 Å². The van der Waals surface area contributed by atoms with E-state index in [0.717, 1.165) is 18.7 Å². The molecule has 1 aromatic rings. The number of nitro benzene ring substituents is 1. The number of benzene rings is 1. The van der Waals surface area contributed by atoms with Gasteiger partial charge in [-0.05, 0) is 11.6 Å². The molecule has 98 valence electrons. The molecular formula is C12H17N3O3. The molecule has 1 atom stereocenters. The Morgan fingerprint density at radius 2 is 2.44 bits per heavy atom. The number of rotatable bonds is 4. The Balaban J connectivity index is 2.13. The van der Waals surface area contributed by atoms with Crippen LogP contribution in [0.3, 0.4) is 0 Å². The van der Waals surface area contributed by atoms with Crippen LogP contribution in [0.15, 0.2) is 18.2 Å². The number of nitro groups is 1. The van der Waals surface area contributed by atoms with E-state index in [0.29, 0.717) is 18.7 Å². The summed E-state index contributed by atoms with van der Waals surface area (Å²) >= 11 is 0. The molecule has 0 aliphatic carbocycles. The van der Waals surface area contributed by atoms with Crippen molar-refractivity contribution in [3.05, 3.63) is 33.9 Å². The van der Waals surface area contributed by atoms with E-state index in [9.17, 15) is 10.1 Å². The smallest absolute Gasteiger partial charge is 0.292 e. The summed E-state index contributed by atoms with van der Waals surface area (Å²) in [5, 5.41) is 17.0. The zero-order chi connectivity index (χ0) is 13.0. The van der Waals surface area contributed by atoms with Crippen LogP contribution in [-0.2, 0) is 11.2 Å². The van der Waals surface area contributed by atoms with Crippen molar-refractivity contribution < 1.29 is 9.66 Å². The highest BCUT2D eigenvalue weighted by atomic mass is 16.6. The quantitative estimate of drug-likeness (QED) is 0.620. The van der Waals surface area contributed by atoms with Crippen LogP contribution in [0, 0.1) is 10.1 Å². The lowest BCUT2D eigenvalue weighted by Crippen LogP contribution is -2.39. The van der Waals surface area contributed by atoms with Gasteiger partial charge in [0.1, 0.15) is 5.69 Å². The van der Waals surface area contributed by atoms with Gasteiger partial charge in [-0.15, -0.1) is 0 Å². The molecule has 0 bridgehead atoms. The van der Waals surface area contributed by atoms with Gasteiger partial charge in [-0.25, -0.2) is 0 Å². The Morgan fingerprint density at radius 1 is 1.61 bits per heavy atom. The molecule has 0 radical (unpaired) electrons. The van der Waals surface area contributed by atoms with Crippen LogP contribution < -0.4 is 10.6 Å². The lowest BCUT2D eigenvalue weighted by molar-refractivity contribution is -0.384. The van der Waals surface area contributed by atoms with Gasteiger partial charge >= 0.3 is 0 Å². The van der Waals surface area contributed by atoms with Crippen molar-refractivity contribution in [1.29, 1.82) is 0 Å². The molecule has 1 aromatic carbocycles. The Labute approximate surface area is 105 Å². The number of morpholine rings is 1. The highest BCUT2D eigenvalue weighted by Gasteiger charge is 2.17. The molecule has 1 aliphatic heterocycles. The van der Waals surface area contributed by atoms with Crippen LogP contribution in [0.5, 0.6) is 0 Å². The fraction of sp³-hybridized carbons (Fsp3) is 0.500. The third-order valence-corrected chi connectivity index (χ3v) is 3.00. The minimum absolute atomic E-state index is 0.0961. The Hall–Kier alpha value is -1.66. The molecule has 1 saturated heterocycles. The van der Waals surface area contributed by atoms with Crippen molar-refractivity contribution in [1.82, 2.24) is 5.32 Å². The van der Waals surface area contributed by atoms with Crippen LogP contribution in [0.1, 0.15) is 5.56 Å². The highest BCUT2D eigenvalue weighted by molar-refractivity contribution is 5.62. The number of nitrogens with zero attached hydrogens (tertiary/aromatic N) is 1. The standard InChI is InChI=1S/C12H17N3O3/c1-13-11-3-2-9(7-12(11)15(16)17)6-10-8-14-4-5-18-10/h2-3,7,10,13-14H,4-6,8H2,1H3. The molecule has 1 fully saturated rings. The number of nitrogens with one attached hydrogen (secondary N) is 2. The zero-order valence-electron chi connectivity index (χ0n) is 10.3. The lowest BCUT2D eigenvalue weighted by Gasteiger charge is -2.23. The number of anilines is 1. The number of hydrogen-bond donors (Lipinski definition) is 2. The van der Waals surface area contributed by atoms with Crippen molar-refractivity contribution >= 4 is 11.4 Å². The second-order valence-corrected chi connectivity index (χ2v) is 4.26. The first-order chi connectivity index (χ1) is 8.70. The van der Waals surface area contributed by atoms with Crippen molar-refractivity contribution in [3.8, 4) is 0 Å². The maximum Gasteiger partial charge on any atom is 0.292 e. The predicted octanol–water partition coefficient (Wildman–Crippen LogP) is 1.17. The molecule has 1 aliphatic rings. The molecule has 2 rings (SSSR count). The Morgan fingerprint density at radius 3 is 3.06 bits per heavy atom. The Kier molecular flexibility index (Phi) is 4.11. The number of ether oxygens (including phenoxy) is 1. The van der Waals surface area contributed by atoms with E-state index in [1.807, 2.05) is 6.07 Å². The molecular weight excluding hydrogens is 234 g/mol. The molecule has 0 amide bonds. The average Bonchev–Trinajstić information content (AvgIpc) is 2.40. The summed E-state index contributed by atoms with van der Waals surface area (Å²) in [6, 6.07) is 5.25. The van der Waals surface area contributed by atoms with Gasteiger partial charge < -0.3 is 15.4 Å². The summed E-state index contributed by atoms with van der Waals surface area (Å²) < 4.78 is 5.59. The second kappa shape index (κ2) is 5.79. The number of hydrogen-bond acceptors (Lipinski definition) is 5. The topological polar surface area (TPSA) is 76.4 Å². The molecule has 0 saturated carbocycles. The molecule has 18 heavy (non-hydrogen) atoms. The van der Waals surface area contributed by atoms with E-state index in [4.69, 9.17) is 4.74 Å². The van der Waals surface area contributed by atoms with Crippen molar-refractivity contribution in [2.45, 2.75) is 12.5 Å². The maximum absolute atomic E-state index is 10.9. The summed E-state index contributed by atoms with van der Waals surface area (Å²) in [4.78, 5) is 10.6. The van der Waals surface area contributed by atoms with Gasteiger partial charge in [-0.2, -0.15) is 0 Å². The molecule has 0 aromatic heterocycles. The summed E-state index contributed by atoms with van der Waals surface area (Å²) in [5.74, 6) is 0. The van der Waals surface area contributed by atoms with E-state index in [-0.39, 0.29) is 16.7 Å². The first kappa shape index (κ1) is 12.8.